The highest BCUT2D eigenvalue weighted by Gasteiger charge is 2.17. The molecule has 0 aliphatic rings. The minimum absolute atomic E-state index is 0.172. The standard InChI is InChI=1S/C13H13IN2O4S2/c1-9-5-6-10(7-13(9)14)16-22(19,20)12-4-2-3-11(8-12)21(15,17)18/h2-8,16H,1H3,(H2,15,17,18). The number of aryl methyl sites for hydroxylation is 1. The summed E-state index contributed by atoms with van der Waals surface area (Å²) >= 11 is 2.10. The zero-order chi connectivity index (χ0) is 16.5. The first kappa shape index (κ1) is 17.2. The van der Waals surface area contributed by atoms with Crippen LogP contribution >= 0.6 is 22.6 Å². The van der Waals surface area contributed by atoms with Gasteiger partial charge in [0.05, 0.1) is 9.79 Å². The molecule has 0 atom stereocenters. The normalized spacial score (nSPS) is 12.1. The average Bonchev–Trinajstić information content (AvgIpc) is 2.42. The number of hydrogen-bond acceptors (Lipinski definition) is 4. The van der Waals surface area contributed by atoms with Crippen molar-refractivity contribution in [2.24, 2.45) is 5.14 Å². The molecule has 0 aliphatic carbocycles. The van der Waals surface area contributed by atoms with Crippen molar-refractivity contribution in [3.05, 3.63) is 51.6 Å². The number of nitrogens with one attached hydrogen (secondary N) is 1. The first-order valence-electron chi connectivity index (χ1n) is 6.01. The monoisotopic (exact) mass is 452 g/mol. The SMILES string of the molecule is Cc1ccc(NS(=O)(=O)c2cccc(S(N)(=O)=O)c2)cc1I. The van der Waals surface area contributed by atoms with Crippen LogP contribution < -0.4 is 9.86 Å². The van der Waals surface area contributed by atoms with Gasteiger partial charge in [0.25, 0.3) is 10.0 Å². The number of hydrogen-bond donors (Lipinski definition) is 2. The van der Waals surface area contributed by atoms with Crippen LogP contribution in [0.15, 0.2) is 52.3 Å². The molecule has 0 saturated heterocycles. The maximum absolute atomic E-state index is 12.3. The lowest BCUT2D eigenvalue weighted by atomic mass is 10.2. The Kier molecular flexibility index (Phi) is 4.80. The highest BCUT2D eigenvalue weighted by Crippen LogP contribution is 2.21. The predicted molar refractivity (Wildman–Crippen MR) is 92.5 cm³/mol. The van der Waals surface area contributed by atoms with Crippen LogP contribution in [0.1, 0.15) is 5.56 Å². The molecule has 3 N–H and O–H groups in total. The Morgan fingerprint density at radius 3 is 2.23 bits per heavy atom. The van der Waals surface area contributed by atoms with Crippen molar-refractivity contribution in [2.45, 2.75) is 16.7 Å². The number of primary sulfonamides is 1. The van der Waals surface area contributed by atoms with Crippen molar-refractivity contribution < 1.29 is 16.8 Å². The fourth-order valence-corrected chi connectivity index (χ4v) is 3.93. The van der Waals surface area contributed by atoms with E-state index in [2.05, 4.69) is 27.3 Å². The zero-order valence-corrected chi connectivity index (χ0v) is 15.2. The highest BCUT2D eigenvalue weighted by molar-refractivity contribution is 14.1. The van der Waals surface area contributed by atoms with E-state index in [9.17, 15) is 16.8 Å². The molecule has 0 saturated carbocycles. The molecule has 118 valence electrons. The average molecular weight is 452 g/mol. The summed E-state index contributed by atoms with van der Waals surface area (Å²) in [7, 11) is -7.86. The Bertz CT molecular complexity index is 925. The van der Waals surface area contributed by atoms with E-state index >= 15 is 0 Å². The van der Waals surface area contributed by atoms with Crippen LogP contribution in [0.3, 0.4) is 0 Å². The second-order valence-electron chi connectivity index (χ2n) is 4.59. The van der Waals surface area contributed by atoms with Gasteiger partial charge >= 0.3 is 0 Å². The number of nitrogens with two attached hydrogens (primary N) is 1. The Labute approximate surface area is 143 Å². The molecule has 0 unspecified atom stereocenters. The first-order chi connectivity index (χ1) is 10.1. The summed E-state index contributed by atoms with van der Waals surface area (Å²) in [5.41, 5.74) is 1.43. The molecule has 0 heterocycles. The number of halogens is 1. The Hall–Kier alpha value is -1.17. The molecule has 2 rings (SSSR count). The number of benzene rings is 2. The van der Waals surface area contributed by atoms with E-state index in [-0.39, 0.29) is 9.79 Å². The summed E-state index contributed by atoms with van der Waals surface area (Å²) < 4.78 is 50.6. The molecule has 0 fully saturated rings. The minimum atomic E-state index is -3.96. The summed E-state index contributed by atoms with van der Waals surface area (Å²) in [6.07, 6.45) is 0. The third kappa shape index (κ3) is 3.97. The van der Waals surface area contributed by atoms with Gasteiger partial charge in [0, 0.05) is 9.26 Å². The van der Waals surface area contributed by atoms with Crippen molar-refractivity contribution in [2.75, 3.05) is 4.72 Å². The summed E-state index contributed by atoms with van der Waals surface area (Å²) in [4.78, 5) is -0.427. The largest absolute Gasteiger partial charge is 0.280 e. The van der Waals surface area contributed by atoms with Crippen LogP contribution in [0, 0.1) is 10.5 Å². The molecular weight excluding hydrogens is 439 g/mol. The maximum atomic E-state index is 12.3. The van der Waals surface area contributed by atoms with Gasteiger partial charge in [-0.3, -0.25) is 4.72 Å². The number of rotatable bonds is 4. The van der Waals surface area contributed by atoms with Crippen LogP contribution in [0.4, 0.5) is 5.69 Å². The topological polar surface area (TPSA) is 106 Å². The molecule has 0 aromatic heterocycles. The predicted octanol–water partition coefficient (Wildman–Crippen LogP) is 2.05. The lowest BCUT2D eigenvalue weighted by molar-refractivity contribution is 0.597. The second-order valence-corrected chi connectivity index (χ2v) is 9.00. The zero-order valence-electron chi connectivity index (χ0n) is 11.4. The van der Waals surface area contributed by atoms with Gasteiger partial charge in [0.1, 0.15) is 0 Å². The number of sulfonamides is 2. The van der Waals surface area contributed by atoms with Gasteiger partial charge in [-0.05, 0) is 65.4 Å². The summed E-state index contributed by atoms with van der Waals surface area (Å²) in [5.74, 6) is 0. The van der Waals surface area contributed by atoms with Crippen LogP contribution in [-0.2, 0) is 20.0 Å². The van der Waals surface area contributed by atoms with Gasteiger partial charge in [-0.1, -0.05) is 12.1 Å². The van der Waals surface area contributed by atoms with Crippen molar-refractivity contribution in [1.82, 2.24) is 0 Å². The van der Waals surface area contributed by atoms with Crippen molar-refractivity contribution >= 4 is 48.3 Å². The summed E-state index contributed by atoms with van der Waals surface area (Å²) in [5, 5.41) is 5.01. The molecule has 0 bridgehead atoms. The molecular formula is C13H13IN2O4S2. The molecule has 0 aliphatic heterocycles. The van der Waals surface area contributed by atoms with Crippen molar-refractivity contribution in [3.63, 3.8) is 0 Å². The van der Waals surface area contributed by atoms with Crippen LogP contribution in [0.25, 0.3) is 0 Å². The van der Waals surface area contributed by atoms with Gasteiger partial charge in [0.2, 0.25) is 10.0 Å². The fraction of sp³-hybridized carbons (Fsp3) is 0.0769. The molecule has 2 aromatic carbocycles. The lowest BCUT2D eigenvalue weighted by Gasteiger charge is -2.10. The highest BCUT2D eigenvalue weighted by atomic mass is 127. The minimum Gasteiger partial charge on any atom is -0.280 e. The van der Waals surface area contributed by atoms with Crippen LogP contribution in [0.5, 0.6) is 0 Å². The van der Waals surface area contributed by atoms with E-state index in [1.54, 1.807) is 18.2 Å². The third-order valence-electron chi connectivity index (χ3n) is 2.87. The molecule has 22 heavy (non-hydrogen) atoms. The summed E-state index contributed by atoms with van der Waals surface area (Å²) in [6.45, 7) is 1.91. The second kappa shape index (κ2) is 6.14. The Balaban J connectivity index is 2.40. The molecule has 0 radical (unpaired) electrons. The molecule has 9 heteroatoms. The first-order valence-corrected chi connectivity index (χ1v) is 10.1. The van der Waals surface area contributed by atoms with E-state index in [4.69, 9.17) is 5.14 Å². The third-order valence-corrected chi connectivity index (χ3v) is 6.32. The van der Waals surface area contributed by atoms with Crippen LogP contribution in [-0.4, -0.2) is 16.8 Å². The quantitative estimate of drug-likeness (QED) is 0.693. The Morgan fingerprint density at radius 2 is 1.64 bits per heavy atom. The van der Waals surface area contributed by atoms with E-state index in [0.717, 1.165) is 15.2 Å². The van der Waals surface area contributed by atoms with Crippen molar-refractivity contribution in [1.29, 1.82) is 0 Å². The van der Waals surface area contributed by atoms with Gasteiger partial charge in [0.15, 0.2) is 0 Å². The maximum Gasteiger partial charge on any atom is 0.261 e. The van der Waals surface area contributed by atoms with Gasteiger partial charge in [-0.15, -0.1) is 0 Å². The van der Waals surface area contributed by atoms with Gasteiger partial charge < -0.3 is 0 Å². The van der Waals surface area contributed by atoms with E-state index < -0.39 is 20.0 Å². The molecule has 0 spiro atoms. The molecule has 6 nitrogen and oxygen atoms in total. The van der Waals surface area contributed by atoms with Gasteiger partial charge in [-0.2, -0.15) is 0 Å². The number of anilines is 1. The summed E-state index contributed by atoms with van der Waals surface area (Å²) in [6, 6.07) is 10.0. The lowest BCUT2D eigenvalue weighted by Crippen LogP contribution is -2.16. The fourth-order valence-electron chi connectivity index (χ4n) is 1.69. The smallest absolute Gasteiger partial charge is 0.261 e. The van der Waals surface area contributed by atoms with E-state index in [0.29, 0.717) is 5.69 Å². The van der Waals surface area contributed by atoms with Gasteiger partial charge in [-0.25, -0.2) is 22.0 Å². The van der Waals surface area contributed by atoms with E-state index in [1.165, 1.54) is 18.2 Å². The van der Waals surface area contributed by atoms with Crippen LogP contribution in [0.2, 0.25) is 0 Å². The molecule has 2 aromatic rings. The Morgan fingerprint density at radius 1 is 1.00 bits per heavy atom. The molecule has 0 amide bonds. The van der Waals surface area contributed by atoms with Crippen molar-refractivity contribution in [3.8, 4) is 0 Å². The van der Waals surface area contributed by atoms with E-state index in [1.807, 2.05) is 6.92 Å².